The number of nitro groups is 1. The third-order valence-electron chi connectivity index (χ3n) is 2.03. The van der Waals surface area contributed by atoms with E-state index in [1.165, 1.54) is 0 Å². The van der Waals surface area contributed by atoms with Crippen LogP contribution in [-0.4, -0.2) is 33.4 Å². The minimum Gasteiger partial charge on any atom is -0.386 e. The highest BCUT2D eigenvalue weighted by Crippen LogP contribution is 2.20. The molecule has 0 aromatic rings. The maximum atomic E-state index is 10.3. The molecule has 0 saturated heterocycles. The maximum absolute atomic E-state index is 10.3. The monoisotopic (exact) mass is 161 g/mol. The Hall–Kier alpha value is -0.680. The predicted octanol–water partition coefficient (Wildman–Crippen LogP) is -0.463. The largest absolute Gasteiger partial charge is 0.386 e. The molecule has 64 valence electrons. The number of hydrogen-bond acceptors (Lipinski definition) is 4. The molecule has 1 fully saturated rings. The van der Waals surface area contributed by atoms with Gasteiger partial charge in [0.2, 0.25) is 0 Å². The van der Waals surface area contributed by atoms with E-state index in [1.807, 2.05) is 0 Å². The zero-order valence-corrected chi connectivity index (χ0v) is 6.01. The Bertz CT molecular complexity index is 151. The van der Waals surface area contributed by atoms with Crippen LogP contribution in [0.15, 0.2) is 0 Å². The second-order valence-corrected chi connectivity index (χ2v) is 2.84. The Morgan fingerprint density at radius 1 is 1.27 bits per heavy atom. The lowest BCUT2D eigenvalue weighted by Gasteiger charge is -2.25. The van der Waals surface area contributed by atoms with Gasteiger partial charge in [0.15, 0.2) is 0 Å². The van der Waals surface area contributed by atoms with Gasteiger partial charge < -0.3 is 10.2 Å². The van der Waals surface area contributed by atoms with E-state index in [1.54, 1.807) is 0 Å². The summed E-state index contributed by atoms with van der Waals surface area (Å²) in [6, 6.07) is -1.18. The highest BCUT2D eigenvalue weighted by atomic mass is 16.6. The van der Waals surface area contributed by atoms with Gasteiger partial charge in [0.05, 0.1) is 0 Å². The van der Waals surface area contributed by atoms with Crippen LogP contribution in [0.4, 0.5) is 0 Å². The first kappa shape index (κ1) is 8.42. The van der Waals surface area contributed by atoms with Crippen molar-refractivity contribution >= 4 is 0 Å². The quantitative estimate of drug-likeness (QED) is 0.402. The molecule has 0 heterocycles. The van der Waals surface area contributed by atoms with Gasteiger partial charge in [-0.2, -0.15) is 0 Å². The van der Waals surface area contributed by atoms with Gasteiger partial charge in [-0.05, 0) is 19.3 Å². The van der Waals surface area contributed by atoms with E-state index in [2.05, 4.69) is 0 Å². The van der Waals surface area contributed by atoms with E-state index < -0.39 is 23.2 Å². The van der Waals surface area contributed by atoms with Crippen LogP contribution in [0.5, 0.6) is 0 Å². The SMILES string of the molecule is O=[N+]([O-])[C@@H]1[C@H](O)CCC[C@@H]1O. The Morgan fingerprint density at radius 3 is 2.00 bits per heavy atom. The summed E-state index contributed by atoms with van der Waals surface area (Å²) in [4.78, 5) is 9.66. The normalized spacial score (nSPS) is 38.5. The van der Waals surface area contributed by atoms with Crippen LogP contribution in [0, 0.1) is 10.1 Å². The van der Waals surface area contributed by atoms with E-state index in [-0.39, 0.29) is 0 Å². The van der Waals surface area contributed by atoms with Crippen molar-refractivity contribution in [2.75, 3.05) is 0 Å². The molecule has 1 rings (SSSR count). The smallest absolute Gasteiger partial charge is 0.263 e. The van der Waals surface area contributed by atoms with Gasteiger partial charge >= 0.3 is 0 Å². The summed E-state index contributed by atoms with van der Waals surface area (Å²) in [6.45, 7) is 0. The summed E-state index contributed by atoms with van der Waals surface area (Å²) in [5.74, 6) is 0. The molecule has 5 nitrogen and oxygen atoms in total. The van der Waals surface area contributed by atoms with Gasteiger partial charge in [-0.15, -0.1) is 0 Å². The van der Waals surface area contributed by atoms with Gasteiger partial charge in [0, 0.05) is 4.92 Å². The fourth-order valence-electron chi connectivity index (χ4n) is 1.42. The second-order valence-electron chi connectivity index (χ2n) is 2.84. The van der Waals surface area contributed by atoms with Crippen molar-refractivity contribution in [3.05, 3.63) is 10.1 Å². The van der Waals surface area contributed by atoms with Crippen LogP contribution < -0.4 is 0 Å². The number of hydrogen-bond donors (Lipinski definition) is 2. The summed E-state index contributed by atoms with van der Waals surface area (Å²) in [6.07, 6.45) is -0.458. The predicted molar refractivity (Wildman–Crippen MR) is 36.6 cm³/mol. The Balaban J connectivity index is 2.62. The number of rotatable bonds is 1. The van der Waals surface area contributed by atoms with Crippen LogP contribution in [0.25, 0.3) is 0 Å². The lowest BCUT2D eigenvalue weighted by molar-refractivity contribution is -0.549. The third kappa shape index (κ3) is 1.66. The van der Waals surface area contributed by atoms with Crippen molar-refractivity contribution in [2.45, 2.75) is 37.5 Å². The molecule has 11 heavy (non-hydrogen) atoms. The van der Waals surface area contributed by atoms with Crippen molar-refractivity contribution < 1.29 is 15.1 Å². The summed E-state index contributed by atoms with van der Waals surface area (Å²) in [5, 5.41) is 28.5. The molecule has 0 aliphatic heterocycles. The zero-order chi connectivity index (χ0) is 8.43. The van der Waals surface area contributed by atoms with E-state index in [9.17, 15) is 10.1 Å². The fraction of sp³-hybridized carbons (Fsp3) is 1.00. The van der Waals surface area contributed by atoms with E-state index in [0.29, 0.717) is 19.3 Å². The zero-order valence-electron chi connectivity index (χ0n) is 6.01. The Labute approximate surface area is 63.8 Å². The average molecular weight is 161 g/mol. The van der Waals surface area contributed by atoms with Gasteiger partial charge in [0.1, 0.15) is 12.2 Å². The third-order valence-corrected chi connectivity index (χ3v) is 2.03. The van der Waals surface area contributed by atoms with Gasteiger partial charge in [0.25, 0.3) is 6.04 Å². The first-order valence-corrected chi connectivity index (χ1v) is 3.62. The van der Waals surface area contributed by atoms with E-state index in [0.717, 1.165) is 0 Å². The molecule has 0 amide bonds. The van der Waals surface area contributed by atoms with Crippen molar-refractivity contribution in [1.29, 1.82) is 0 Å². The van der Waals surface area contributed by atoms with Gasteiger partial charge in [-0.1, -0.05) is 0 Å². The maximum Gasteiger partial charge on any atom is 0.263 e. The van der Waals surface area contributed by atoms with Crippen molar-refractivity contribution in [2.24, 2.45) is 0 Å². The molecule has 1 aliphatic carbocycles. The molecule has 0 aromatic carbocycles. The van der Waals surface area contributed by atoms with Crippen LogP contribution in [-0.2, 0) is 0 Å². The summed E-state index contributed by atoms with van der Waals surface area (Å²) in [7, 11) is 0. The average Bonchev–Trinajstić information content (AvgIpc) is 1.85. The van der Waals surface area contributed by atoms with Crippen LogP contribution >= 0.6 is 0 Å². The lowest BCUT2D eigenvalue weighted by Crippen LogP contribution is -2.46. The summed E-state index contributed by atoms with van der Waals surface area (Å²) >= 11 is 0. The molecule has 5 heteroatoms. The second kappa shape index (κ2) is 3.15. The number of nitrogens with zero attached hydrogens (tertiary/aromatic N) is 1. The molecule has 1 aliphatic rings. The molecule has 3 atom stereocenters. The number of aliphatic hydroxyl groups excluding tert-OH is 2. The molecule has 0 unspecified atom stereocenters. The minimum absolute atomic E-state index is 0.419. The molecule has 0 aromatic heterocycles. The van der Waals surface area contributed by atoms with Gasteiger partial charge in [-0.3, -0.25) is 10.1 Å². The Kier molecular flexibility index (Phi) is 2.41. The standard InChI is InChI=1S/C6H11NO4/c8-4-2-1-3-5(9)6(4)7(10)11/h4-6,8-9H,1-3H2/t4-,5+,6-. The minimum atomic E-state index is -1.18. The summed E-state index contributed by atoms with van der Waals surface area (Å²) < 4.78 is 0. The lowest BCUT2D eigenvalue weighted by atomic mass is 9.90. The van der Waals surface area contributed by atoms with Gasteiger partial charge in [-0.25, -0.2) is 0 Å². The highest BCUT2D eigenvalue weighted by molar-refractivity contribution is 4.81. The first-order valence-electron chi connectivity index (χ1n) is 3.62. The molecule has 0 bridgehead atoms. The Morgan fingerprint density at radius 2 is 1.73 bits per heavy atom. The highest BCUT2D eigenvalue weighted by Gasteiger charge is 2.39. The number of aliphatic hydroxyl groups is 2. The van der Waals surface area contributed by atoms with Crippen LogP contribution in [0.1, 0.15) is 19.3 Å². The van der Waals surface area contributed by atoms with E-state index in [4.69, 9.17) is 10.2 Å². The van der Waals surface area contributed by atoms with Crippen LogP contribution in [0.3, 0.4) is 0 Å². The fourth-order valence-corrected chi connectivity index (χ4v) is 1.42. The topological polar surface area (TPSA) is 83.6 Å². The molecule has 2 N–H and O–H groups in total. The molecular formula is C6H11NO4. The van der Waals surface area contributed by atoms with E-state index >= 15 is 0 Å². The van der Waals surface area contributed by atoms with Crippen molar-refractivity contribution in [1.82, 2.24) is 0 Å². The first-order chi connectivity index (χ1) is 5.13. The molecular weight excluding hydrogens is 150 g/mol. The van der Waals surface area contributed by atoms with Crippen LogP contribution in [0.2, 0.25) is 0 Å². The van der Waals surface area contributed by atoms with Crippen molar-refractivity contribution in [3.63, 3.8) is 0 Å². The molecule has 1 saturated carbocycles. The van der Waals surface area contributed by atoms with Crippen molar-refractivity contribution in [3.8, 4) is 0 Å². The molecule has 0 spiro atoms. The molecule has 0 radical (unpaired) electrons. The summed E-state index contributed by atoms with van der Waals surface area (Å²) in [5.41, 5.74) is 0.